The number of benzene rings is 2. The van der Waals surface area contributed by atoms with Crippen LogP contribution in [0.4, 0.5) is 5.69 Å². The molecule has 0 heterocycles. The molecule has 5 heteroatoms. The van der Waals surface area contributed by atoms with Crippen molar-refractivity contribution in [3.05, 3.63) is 58.7 Å². The van der Waals surface area contributed by atoms with Gasteiger partial charge in [0.25, 0.3) is 0 Å². The maximum absolute atomic E-state index is 12.1. The van der Waals surface area contributed by atoms with Crippen molar-refractivity contribution in [2.75, 3.05) is 17.6 Å². The van der Waals surface area contributed by atoms with Crippen molar-refractivity contribution in [1.29, 1.82) is 0 Å². The van der Waals surface area contributed by atoms with Gasteiger partial charge in [-0.3, -0.25) is 9.59 Å². The second kappa shape index (κ2) is 8.72. The molecule has 2 rings (SSSR count). The lowest BCUT2D eigenvalue weighted by Gasteiger charge is -2.13. The van der Waals surface area contributed by atoms with Gasteiger partial charge in [0.15, 0.2) is 0 Å². The molecule has 0 aromatic heterocycles. The van der Waals surface area contributed by atoms with Crippen molar-refractivity contribution >= 4 is 29.3 Å². The summed E-state index contributed by atoms with van der Waals surface area (Å²) in [6.07, 6.45) is 0. The molecule has 132 valence electrons. The van der Waals surface area contributed by atoms with Gasteiger partial charge in [-0.25, -0.2) is 0 Å². The lowest BCUT2D eigenvalue weighted by Crippen LogP contribution is -2.34. The molecule has 0 radical (unpaired) electrons. The average molecular weight is 356 g/mol. The molecule has 0 spiro atoms. The molecule has 0 aliphatic heterocycles. The van der Waals surface area contributed by atoms with Gasteiger partial charge in [-0.15, -0.1) is 11.8 Å². The highest BCUT2D eigenvalue weighted by atomic mass is 32.2. The minimum absolute atomic E-state index is 0.0279. The van der Waals surface area contributed by atoms with Crippen LogP contribution in [-0.4, -0.2) is 24.1 Å². The summed E-state index contributed by atoms with van der Waals surface area (Å²) in [5.41, 5.74) is 5.16. The summed E-state index contributed by atoms with van der Waals surface area (Å²) in [6.45, 7) is 7.94. The van der Waals surface area contributed by atoms with Crippen molar-refractivity contribution in [2.45, 2.75) is 32.6 Å². The van der Waals surface area contributed by atoms with E-state index >= 15 is 0 Å². The maximum atomic E-state index is 12.1. The van der Waals surface area contributed by atoms with Crippen LogP contribution in [0.15, 0.2) is 41.3 Å². The van der Waals surface area contributed by atoms with Crippen LogP contribution in [0.25, 0.3) is 0 Å². The Bertz CT molecular complexity index is 764. The van der Waals surface area contributed by atoms with E-state index in [0.29, 0.717) is 5.75 Å². The van der Waals surface area contributed by atoms with E-state index in [9.17, 15) is 9.59 Å². The molecule has 0 bridgehead atoms. The Balaban J connectivity index is 1.82. The van der Waals surface area contributed by atoms with Gasteiger partial charge in [0.05, 0.1) is 12.3 Å². The van der Waals surface area contributed by atoms with Crippen LogP contribution in [0.2, 0.25) is 0 Å². The Kier molecular flexibility index (Phi) is 6.65. The van der Waals surface area contributed by atoms with E-state index in [1.807, 2.05) is 64.1 Å². The van der Waals surface area contributed by atoms with Gasteiger partial charge in [0.2, 0.25) is 11.8 Å². The van der Waals surface area contributed by atoms with Crippen LogP contribution >= 0.6 is 11.8 Å². The molecule has 0 saturated carbocycles. The highest BCUT2D eigenvalue weighted by molar-refractivity contribution is 8.00. The predicted octanol–water partition coefficient (Wildman–Crippen LogP) is 3.77. The van der Waals surface area contributed by atoms with Crippen LogP contribution in [0.5, 0.6) is 0 Å². The molecule has 2 amide bonds. The number of carbonyl (C=O) groups is 2. The predicted molar refractivity (Wildman–Crippen MR) is 104 cm³/mol. The summed E-state index contributed by atoms with van der Waals surface area (Å²) in [6, 6.07) is 12.0. The highest BCUT2D eigenvalue weighted by Gasteiger charge is 2.10. The largest absolute Gasteiger partial charge is 0.346 e. The van der Waals surface area contributed by atoms with Crippen molar-refractivity contribution in [3.63, 3.8) is 0 Å². The van der Waals surface area contributed by atoms with Crippen molar-refractivity contribution in [3.8, 4) is 0 Å². The molecule has 4 nitrogen and oxygen atoms in total. The number of aryl methyl sites for hydroxylation is 4. The van der Waals surface area contributed by atoms with Gasteiger partial charge in [0, 0.05) is 10.6 Å². The summed E-state index contributed by atoms with van der Waals surface area (Å²) >= 11 is 1.47. The zero-order chi connectivity index (χ0) is 18.4. The van der Waals surface area contributed by atoms with E-state index in [1.165, 1.54) is 11.8 Å². The third-order valence-electron chi connectivity index (χ3n) is 3.84. The quantitative estimate of drug-likeness (QED) is 0.775. The van der Waals surface area contributed by atoms with Gasteiger partial charge in [-0.1, -0.05) is 35.9 Å². The van der Waals surface area contributed by atoms with Crippen molar-refractivity contribution in [2.24, 2.45) is 0 Å². The zero-order valence-electron chi connectivity index (χ0n) is 15.1. The Hall–Kier alpha value is -2.27. The summed E-state index contributed by atoms with van der Waals surface area (Å²) in [7, 11) is 0. The molecule has 25 heavy (non-hydrogen) atoms. The van der Waals surface area contributed by atoms with E-state index in [1.54, 1.807) is 0 Å². The summed E-state index contributed by atoms with van der Waals surface area (Å²) < 4.78 is 0. The number of anilines is 1. The average Bonchev–Trinajstić information content (AvgIpc) is 2.55. The van der Waals surface area contributed by atoms with E-state index < -0.39 is 0 Å². The van der Waals surface area contributed by atoms with Crippen LogP contribution < -0.4 is 10.6 Å². The fraction of sp³-hybridized carbons (Fsp3) is 0.300. The van der Waals surface area contributed by atoms with E-state index in [-0.39, 0.29) is 18.4 Å². The minimum atomic E-state index is -0.218. The molecule has 2 N–H and O–H groups in total. The fourth-order valence-electron chi connectivity index (χ4n) is 2.65. The fourth-order valence-corrected chi connectivity index (χ4v) is 3.51. The van der Waals surface area contributed by atoms with E-state index in [0.717, 1.165) is 32.8 Å². The molecular weight excluding hydrogens is 332 g/mol. The molecule has 0 atom stereocenters. The maximum Gasteiger partial charge on any atom is 0.243 e. The molecule has 2 aromatic carbocycles. The number of rotatable bonds is 6. The topological polar surface area (TPSA) is 58.2 Å². The Morgan fingerprint density at radius 1 is 0.920 bits per heavy atom. The normalized spacial score (nSPS) is 10.4. The molecular formula is C20H24N2O2S. The first kappa shape index (κ1) is 19.1. The van der Waals surface area contributed by atoms with Gasteiger partial charge >= 0.3 is 0 Å². The van der Waals surface area contributed by atoms with Crippen LogP contribution in [0.3, 0.4) is 0 Å². The van der Waals surface area contributed by atoms with E-state index in [4.69, 9.17) is 0 Å². The standard InChI is InChI=1S/C20H24N2O2S/c1-13-9-15(3)20(16(4)10-13)22-18(23)11-21-19(24)12-25-17-8-6-5-7-14(17)2/h5-10H,11-12H2,1-4H3,(H,21,24)(H,22,23). The van der Waals surface area contributed by atoms with Crippen molar-refractivity contribution < 1.29 is 9.59 Å². The molecule has 0 aliphatic rings. The van der Waals surface area contributed by atoms with Gasteiger partial charge in [-0.05, 0) is 50.5 Å². The first-order valence-corrected chi connectivity index (χ1v) is 9.18. The summed E-state index contributed by atoms with van der Waals surface area (Å²) in [5, 5.41) is 5.55. The molecule has 0 unspecified atom stereocenters. The molecule has 0 fully saturated rings. The summed E-state index contributed by atoms with van der Waals surface area (Å²) in [5.74, 6) is -0.0779. The number of carbonyl (C=O) groups excluding carboxylic acids is 2. The molecule has 0 saturated heterocycles. The van der Waals surface area contributed by atoms with Gasteiger partial charge in [0.1, 0.15) is 0 Å². The highest BCUT2D eigenvalue weighted by Crippen LogP contribution is 2.22. The third kappa shape index (κ3) is 5.64. The first-order chi connectivity index (χ1) is 11.9. The van der Waals surface area contributed by atoms with Gasteiger partial charge in [-0.2, -0.15) is 0 Å². The van der Waals surface area contributed by atoms with Crippen molar-refractivity contribution in [1.82, 2.24) is 5.32 Å². The lowest BCUT2D eigenvalue weighted by atomic mass is 10.1. The van der Waals surface area contributed by atoms with Crippen LogP contribution in [-0.2, 0) is 9.59 Å². The van der Waals surface area contributed by atoms with Crippen LogP contribution in [0.1, 0.15) is 22.3 Å². The number of hydrogen-bond donors (Lipinski definition) is 2. The Labute approximate surface area is 153 Å². The number of nitrogens with one attached hydrogen (secondary N) is 2. The summed E-state index contributed by atoms with van der Waals surface area (Å²) in [4.78, 5) is 25.1. The SMILES string of the molecule is Cc1cc(C)c(NC(=O)CNC(=O)CSc2ccccc2C)c(C)c1. The second-order valence-electron chi connectivity index (χ2n) is 6.15. The third-order valence-corrected chi connectivity index (χ3v) is 5.02. The van der Waals surface area contributed by atoms with Crippen LogP contribution in [0, 0.1) is 27.7 Å². The first-order valence-electron chi connectivity index (χ1n) is 8.19. The lowest BCUT2D eigenvalue weighted by molar-refractivity contribution is -0.122. The Morgan fingerprint density at radius 3 is 2.20 bits per heavy atom. The zero-order valence-corrected chi connectivity index (χ0v) is 15.9. The molecule has 2 aromatic rings. The smallest absolute Gasteiger partial charge is 0.243 e. The van der Waals surface area contributed by atoms with E-state index in [2.05, 4.69) is 10.6 Å². The van der Waals surface area contributed by atoms with Gasteiger partial charge < -0.3 is 10.6 Å². The minimum Gasteiger partial charge on any atom is -0.346 e. The number of hydrogen-bond acceptors (Lipinski definition) is 3. The Morgan fingerprint density at radius 2 is 1.56 bits per heavy atom. The second-order valence-corrected chi connectivity index (χ2v) is 7.17. The number of amides is 2. The molecule has 0 aliphatic carbocycles. The number of thioether (sulfide) groups is 1. The monoisotopic (exact) mass is 356 g/mol.